The minimum Gasteiger partial charge on any atom is -0.447 e. The molecule has 2 aromatic carbocycles. The van der Waals surface area contributed by atoms with Gasteiger partial charge in [-0.1, -0.05) is 12.1 Å². The first-order valence-electron chi connectivity index (χ1n) is 5.69. The number of halogens is 1. The van der Waals surface area contributed by atoms with Crippen LogP contribution in [0.1, 0.15) is 15.9 Å². The highest BCUT2D eigenvalue weighted by molar-refractivity contribution is 5.75. The number of nitro benzene ring substituents is 1. The van der Waals surface area contributed by atoms with Crippen LogP contribution in [0.3, 0.4) is 0 Å². The average Bonchev–Trinajstić information content (AvgIpc) is 2.40. The van der Waals surface area contributed by atoms with Gasteiger partial charge in [-0.2, -0.15) is 0 Å². The average molecular weight is 275 g/mol. The Balaban J connectivity index is 2.42. The second-order valence-corrected chi connectivity index (χ2v) is 4.09. The highest BCUT2D eigenvalue weighted by atomic mass is 19.1. The van der Waals surface area contributed by atoms with E-state index in [4.69, 9.17) is 4.74 Å². The highest BCUT2D eigenvalue weighted by Crippen LogP contribution is 2.34. The van der Waals surface area contributed by atoms with E-state index in [0.29, 0.717) is 11.8 Å². The van der Waals surface area contributed by atoms with Crippen molar-refractivity contribution in [2.24, 2.45) is 0 Å². The van der Waals surface area contributed by atoms with E-state index < -0.39 is 10.7 Å². The van der Waals surface area contributed by atoms with Gasteiger partial charge in [0.2, 0.25) is 5.75 Å². The Hall–Kier alpha value is -2.76. The Kier molecular flexibility index (Phi) is 3.74. The van der Waals surface area contributed by atoms with Gasteiger partial charge in [-0.15, -0.1) is 0 Å². The van der Waals surface area contributed by atoms with Crippen molar-refractivity contribution < 1.29 is 18.8 Å². The van der Waals surface area contributed by atoms with E-state index in [9.17, 15) is 19.3 Å². The number of benzene rings is 2. The van der Waals surface area contributed by atoms with Crippen LogP contribution in [0.25, 0.3) is 0 Å². The summed E-state index contributed by atoms with van der Waals surface area (Å²) in [6, 6.07) is 8.16. The Morgan fingerprint density at radius 2 is 2.00 bits per heavy atom. The van der Waals surface area contributed by atoms with Crippen LogP contribution >= 0.6 is 0 Å². The lowest BCUT2D eigenvalue weighted by atomic mass is 10.2. The molecule has 0 aliphatic carbocycles. The van der Waals surface area contributed by atoms with Crippen LogP contribution < -0.4 is 4.74 Å². The zero-order valence-electron chi connectivity index (χ0n) is 10.5. The number of aryl methyl sites for hydroxylation is 1. The third-order valence-corrected chi connectivity index (χ3v) is 2.70. The lowest BCUT2D eigenvalue weighted by molar-refractivity contribution is -0.386. The molecule has 0 spiro atoms. The molecular weight excluding hydrogens is 265 g/mol. The van der Waals surface area contributed by atoms with Crippen LogP contribution in [0.5, 0.6) is 11.5 Å². The monoisotopic (exact) mass is 275 g/mol. The zero-order chi connectivity index (χ0) is 14.7. The number of ether oxygens (including phenoxy) is 1. The van der Waals surface area contributed by atoms with E-state index >= 15 is 0 Å². The molecule has 2 rings (SSSR count). The summed E-state index contributed by atoms with van der Waals surface area (Å²) in [6.45, 7) is 1.57. The molecule has 0 saturated carbocycles. The summed E-state index contributed by atoms with van der Waals surface area (Å²) in [5, 5.41) is 11.0. The summed E-state index contributed by atoms with van der Waals surface area (Å²) in [5.74, 6) is -0.984. The van der Waals surface area contributed by atoms with Gasteiger partial charge < -0.3 is 4.74 Å². The fourth-order valence-corrected chi connectivity index (χ4v) is 1.74. The first-order chi connectivity index (χ1) is 9.52. The van der Waals surface area contributed by atoms with Gasteiger partial charge in [0.1, 0.15) is 6.29 Å². The molecule has 0 saturated heterocycles. The van der Waals surface area contributed by atoms with Crippen molar-refractivity contribution in [2.45, 2.75) is 6.92 Å². The summed E-state index contributed by atoms with van der Waals surface area (Å²) in [4.78, 5) is 20.9. The maximum Gasteiger partial charge on any atom is 0.314 e. The van der Waals surface area contributed by atoms with Crippen molar-refractivity contribution in [1.29, 1.82) is 0 Å². The standard InChI is InChI=1S/C14H10FNO4/c1-9-3-2-4-13(14(9)16(18)19)20-12-6-5-10(8-17)7-11(12)15/h2-8H,1H3. The lowest BCUT2D eigenvalue weighted by Gasteiger charge is -2.08. The predicted octanol–water partition coefficient (Wildman–Crippen LogP) is 3.65. The zero-order valence-corrected chi connectivity index (χ0v) is 10.5. The molecule has 20 heavy (non-hydrogen) atoms. The first-order valence-corrected chi connectivity index (χ1v) is 5.69. The van der Waals surface area contributed by atoms with Crippen LogP contribution in [-0.2, 0) is 0 Å². The van der Waals surface area contributed by atoms with Crippen LogP contribution in [0.15, 0.2) is 36.4 Å². The second kappa shape index (κ2) is 5.48. The van der Waals surface area contributed by atoms with Crippen molar-refractivity contribution in [3.8, 4) is 11.5 Å². The fraction of sp³-hybridized carbons (Fsp3) is 0.0714. The maximum atomic E-state index is 13.7. The number of hydrogen-bond acceptors (Lipinski definition) is 4. The van der Waals surface area contributed by atoms with E-state index in [1.54, 1.807) is 19.1 Å². The molecule has 5 nitrogen and oxygen atoms in total. The van der Waals surface area contributed by atoms with E-state index in [1.165, 1.54) is 18.2 Å². The van der Waals surface area contributed by atoms with Crippen molar-refractivity contribution in [1.82, 2.24) is 0 Å². The van der Waals surface area contributed by atoms with Gasteiger partial charge in [0.25, 0.3) is 0 Å². The number of aldehydes is 1. The smallest absolute Gasteiger partial charge is 0.314 e. The first kappa shape index (κ1) is 13.7. The van der Waals surface area contributed by atoms with Gasteiger partial charge in [0, 0.05) is 11.1 Å². The molecule has 0 unspecified atom stereocenters. The second-order valence-electron chi connectivity index (χ2n) is 4.09. The molecule has 6 heteroatoms. The molecule has 0 radical (unpaired) electrons. The Bertz CT molecular complexity index is 685. The quantitative estimate of drug-likeness (QED) is 0.485. The topological polar surface area (TPSA) is 69.4 Å². The number of nitro groups is 1. The largest absolute Gasteiger partial charge is 0.447 e. The number of rotatable bonds is 4. The van der Waals surface area contributed by atoms with Crippen molar-refractivity contribution in [3.05, 3.63) is 63.5 Å². The van der Waals surface area contributed by atoms with Gasteiger partial charge in [-0.25, -0.2) is 4.39 Å². The normalized spacial score (nSPS) is 10.1. The number of para-hydroxylation sites is 1. The van der Waals surface area contributed by atoms with Gasteiger partial charge in [0.15, 0.2) is 11.6 Å². The minimum absolute atomic E-state index is 0.0484. The molecule has 0 fully saturated rings. The molecule has 0 aliphatic heterocycles. The molecule has 102 valence electrons. The van der Waals surface area contributed by atoms with Gasteiger partial charge in [-0.3, -0.25) is 14.9 Å². The molecular formula is C14H10FNO4. The van der Waals surface area contributed by atoms with Crippen molar-refractivity contribution in [3.63, 3.8) is 0 Å². The summed E-state index contributed by atoms with van der Waals surface area (Å²) in [6.07, 6.45) is 0.502. The molecule has 0 atom stereocenters. The predicted molar refractivity (Wildman–Crippen MR) is 69.7 cm³/mol. The Morgan fingerprint density at radius 3 is 2.60 bits per heavy atom. The summed E-state index contributed by atoms with van der Waals surface area (Å²) in [5.41, 5.74) is 0.359. The van der Waals surface area contributed by atoms with Gasteiger partial charge in [0.05, 0.1) is 4.92 Å². The number of hydrogen-bond donors (Lipinski definition) is 0. The molecule has 0 aromatic heterocycles. The summed E-state index contributed by atoms with van der Waals surface area (Å²) >= 11 is 0. The van der Waals surface area contributed by atoms with Crippen LogP contribution in [0.2, 0.25) is 0 Å². The lowest BCUT2D eigenvalue weighted by Crippen LogP contribution is -1.97. The maximum absolute atomic E-state index is 13.7. The highest BCUT2D eigenvalue weighted by Gasteiger charge is 2.19. The Labute approximate surface area is 113 Å². The van der Waals surface area contributed by atoms with Crippen LogP contribution in [0, 0.1) is 22.9 Å². The van der Waals surface area contributed by atoms with Crippen LogP contribution in [-0.4, -0.2) is 11.2 Å². The van der Waals surface area contributed by atoms with E-state index in [1.807, 2.05) is 0 Å². The summed E-state index contributed by atoms with van der Waals surface area (Å²) in [7, 11) is 0. The van der Waals surface area contributed by atoms with Crippen molar-refractivity contribution in [2.75, 3.05) is 0 Å². The molecule has 0 amide bonds. The third-order valence-electron chi connectivity index (χ3n) is 2.70. The fourth-order valence-electron chi connectivity index (χ4n) is 1.74. The van der Waals surface area contributed by atoms with Gasteiger partial charge in [-0.05, 0) is 31.2 Å². The van der Waals surface area contributed by atoms with Crippen LogP contribution in [0.4, 0.5) is 10.1 Å². The van der Waals surface area contributed by atoms with Gasteiger partial charge >= 0.3 is 5.69 Å². The van der Waals surface area contributed by atoms with E-state index in [0.717, 1.165) is 6.07 Å². The minimum atomic E-state index is -0.759. The number of nitrogens with zero attached hydrogens (tertiary/aromatic N) is 1. The molecule has 0 N–H and O–H groups in total. The molecule has 0 bridgehead atoms. The third kappa shape index (κ3) is 2.64. The number of carbonyl (C=O) groups is 1. The molecule has 0 aliphatic rings. The van der Waals surface area contributed by atoms with Crippen molar-refractivity contribution >= 4 is 12.0 Å². The Morgan fingerprint density at radius 1 is 1.25 bits per heavy atom. The SMILES string of the molecule is Cc1cccc(Oc2ccc(C=O)cc2F)c1[N+](=O)[O-]. The molecule has 0 heterocycles. The summed E-state index contributed by atoms with van der Waals surface area (Å²) < 4.78 is 19.0. The van der Waals surface area contributed by atoms with E-state index in [-0.39, 0.29) is 22.7 Å². The molecule has 2 aromatic rings. The van der Waals surface area contributed by atoms with E-state index in [2.05, 4.69) is 0 Å². The number of carbonyl (C=O) groups excluding carboxylic acids is 1.